The molecule has 2 rings (SSSR count). The van der Waals surface area contributed by atoms with E-state index in [1.807, 2.05) is 0 Å². The summed E-state index contributed by atoms with van der Waals surface area (Å²) < 4.78 is 23.1. The van der Waals surface area contributed by atoms with Crippen LogP contribution in [0.3, 0.4) is 0 Å². The lowest BCUT2D eigenvalue weighted by Gasteiger charge is -2.10. The third-order valence-corrected chi connectivity index (χ3v) is 3.71. The highest BCUT2D eigenvalue weighted by Gasteiger charge is 2.16. The van der Waals surface area contributed by atoms with E-state index in [2.05, 4.69) is 10.1 Å². The molecule has 0 bridgehead atoms. The molecular weight excluding hydrogens is 365 g/mol. The Hall–Kier alpha value is -2.93. The van der Waals surface area contributed by atoms with Gasteiger partial charge < -0.3 is 14.8 Å². The Balaban J connectivity index is 1.93. The van der Waals surface area contributed by atoms with Crippen LogP contribution >= 0.6 is 11.6 Å². The molecule has 0 aliphatic carbocycles. The van der Waals surface area contributed by atoms with E-state index in [9.17, 15) is 18.8 Å². The molecular formula is C18H15ClFNO5. The molecule has 0 unspecified atom stereocenters. The average Bonchev–Trinajstić information content (AvgIpc) is 2.63. The van der Waals surface area contributed by atoms with Crippen LogP contribution in [0.25, 0.3) is 0 Å². The Kier molecular flexibility index (Phi) is 6.68. The van der Waals surface area contributed by atoms with Crippen LogP contribution in [0.2, 0.25) is 5.02 Å². The maximum atomic E-state index is 13.6. The first-order chi connectivity index (χ1) is 12.4. The van der Waals surface area contributed by atoms with Gasteiger partial charge in [-0.2, -0.15) is 0 Å². The van der Waals surface area contributed by atoms with Gasteiger partial charge in [0.2, 0.25) is 0 Å². The van der Waals surface area contributed by atoms with Crippen molar-refractivity contribution in [2.24, 2.45) is 0 Å². The number of methoxy groups -OCH3 is 1. The highest BCUT2D eigenvalue weighted by Crippen LogP contribution is 2.20. The molecule has 6 nitrogen and oxygen atoms in total. The molecule has 0 saturated carbocycles. The molecule has 1 N–H and O–H groups in total. The summed E-state index contributed by atoms with van der Waals surface area (Å²) in [5, 5.41) is 2.55. The number of para-hydroxylation sites is 1. The second-order valence-corrected chi connectivity index (χ2v) is 5.53. The monoisotopic (exact) mass is 379 g/mol. The third kappa shape index (κ3) is 5.03. The number of nitrogens with one attached hydrogen (secondary N) is 1. The smallest absolute Gasteiger partial charge is 0.339 e. The first-order valence-electron chi connectivity index (χ1n) is 7.48. The van der Waals surface area contributed by atoms with Gasteiger partial charge in [0.25, 0.3) is 5.91 Å². The normalized spacial score (nSPS) is 10.1. The summed E-state index contributed by atoms with van der Waals surface area (Å²) in [6.45, 7) is -0.597. The summed E-state index contributed by atoms with van der Waals surface area (Å²) in [6.07, 6.45) is -0.405. The second-order valence-electron chi connectivity index (χ2n) is 5.12. The summed E-state index contributed by atoms with van der Waals surface area (Å²) in [5.41, 5.74) is 0.376. The maximum absolute atomic E-state index is 13.6. The molecule has 136 valence electrons. The Labute approximate surface area is 153 Å². The van der Waals surface area contributed by atoms with E-state index < -0.39 is 36.7 Å². The van der Waals surface area contributed by atoms with E-state index in [0.29, 0.717) is 0 Å². The van der Waals surface area contributed by atoms with Gasteiger partial charge in [0.05, 0.1) is 24.8 Å². The van der Waals surface area contributed by atoms with Gasteiger partial charge >= 0.3 is 11.9 Å². The largest absolute Gasteiger partial charge is 0.465 e. The topological polar surface area (TPSA) is 81.7 Å². The molecule has 1 amide bonds. The van der Waals surface area contributed by atoms with Gasteiger partial charge in [-0.05, 0) is 24.3 Å². The number of hydrogen-bond donors (Lipinski definition) is 1. The summed E-state index contributed by atoms with van der Waals surface area (Å²) in [7, 11) is 1.22. The SMILES string of the molecule is COC(=O)c1ccccc1NC(=O)COC(=O)Cc1c(F)cccc1Cl. The van der Waals surface area contributed by atoms with E-state index >= 15 is 0 Å². The van der Waals surface area contributed by atoms with Crippen molar-refractivity contribution in [3.05, 3.63) is 64.4 Å². The van der Waals surface area contributed by atoms with Crippen LogP contribution in [-0.4, -0.2) is 31.6 Å². The number of benzene rings is 2. The van der Waals surface area contributed by atoms with Gasteiger partial charge in [0, 0.05) is 10.6 Å². The predicted molar refractivity (Wildman–Crippen MR) is 92.5 cm³/mol. The lowest BCUT2D eigenvalue weighted by molar-refractivity contribution is -0.146. The van der Waals surface area contributed by atoms with Gasteiger partial charge in [-0.15, -0.1) is 0 Å². The minimum absolute atomic E-state index is 0.00406. The van der Waals surface area contributed by atoms with Crippen LogP contribution in [0.4, 0.5) is 10.1 Å². The number of anilines is 1. The highest BCUT2D eigenvalue weighted by molar-refractivity contribution is 6.31. The number of ether oxygens (including phenoxy) is 2. The molecule has 0 aromatic heterocycles. The Morgan fingerprint density at radius 1 is 1.12 bits per heavy atom. The van der Waals surface area contributed by atoms with Crippen LogP contribution < -0.4 is 5.32 Å². The molecule has 2 aromatic carbocycles. The van der Waals surface area contributed by atoms with Crippen LogP contribution in [0, 0.1) is 5.82 Å². The molecule has 0 heterocycles. The highest BCUT2D eigenvalue weighted by atomic mass is 35.5. The van der Waals surface area contributed by atoms with Crippen LogP contribution in [0.5, 0.6) is 0 Å². The zero-order valence-electron chi connectivity index (χ0n) is 13.8. The fraction of sp³-hybridized carbons (Fsp3) is 0.167. The van der Waals surface area contributed by atoms with E-state index in [-0.39, 0.29) is 21.8 Å². The molecule has 0 atom stereocenters. The van der Waals surface area contributed by atoms with Crippen LogP contribution in [0.1, 0.15) is 15.9 Å². The van der Waals surface area contributed by atoms with Crippen molar-refractivity contribution < 1.29 is 28.2 Å². The number of carbonyl (C=O) groups excluding carboxylic acids is 3. The molecule has 0 saturated heterocycles. The van der Waals surface area contributed by atoms with E-state index in [1.165, 1.54) is 37.4 Å². The van der Waals surface area contributed by atoms with Gasteiger partial charge in [0.15, 0.2) is 6.61 Å². The van der Waals surface area contributed by atoms with Gasteiger partial charge in [-0.3, -0.25) is 9.59 Å². The Morgan fingerprint density at radius 3 is 2.54 bits per heavy atom. The minimum Gasteiger partial charge on any atom is -0.465 e. The van der Waals surface area contributed by atoms with Crippen molar-refractivity contribution in [1.82, 2.24) is 0 Å². The summed E-state index contributed by atoms with van der Waals surface area (Å²) in [5.74, 6) is -2.72. The molecule has 0 radical (unpaired) electrons. The number of rotatable bonds is 6. The van der Waals surface area contributed by atoms with Gasteiger partial charge in [-0.25, -0.2) is 9.18 Å². The zero-order chi connectivity index (χ0) is 19.1. The average molecular weight is 380 g/mol. The Bertz CT molecular complexity index is 820. The van der Waals surface area contributed by atoms with E-state index in [0.717, 1.165) is 0 Å². The fourth-order valence-corrected chi connectivity index (χ4v) is 2.34. The van der Waals surface area contributed by atoms with Gasteiger partial charge in [0.1, 0.15) is 5.82 Å². The summed E-state index contributed by atoms with van der Waals surface area (Å²) in [6, 6.07) is 10.3. The maximum Gasteiger partial charge on any atom is 0.339 e. The number of halogens is 2. The zero-order valence-corrected chi connectivity index (χ0v) is 14.5. The number of carbonyl (C=O) groups is 3. The second kappa shape index (κ2) is 8.96. The molecule has 26 heavy (non-hydrogen) atoms. The van der Waals surface area contributed by atoms with Crippen molar-refractivity contribution in [1.29, 1.82) is 0 Å². The van der Waals surface area contributed by atoms with Crippen molar-refractivity contribution in [2.45, 2.75) is 6.42 Å². The van der Waals surface area contributed by atoms with E-state index in [1.54, 1.807) is 12.1 Å². The van der Waals surface area contributed by atoms with Crippen molar-refractivity contribution >= 4 is 35.1 Å². The lowest BCUT2D eigenvalue weighted by Crippen LogP contribution is -2.23. The standard InChI is InChI=1S/C18H15ClFNO5/c1-25-18(24)11-5-2-3-8-15(11)21-16(22)10-26-17(23)9-12-13(19)6-4-7-14(12)20/h2-8H,9-10H2,1H3,(H,21,22). The van der Waals surface area contributed by atoms with Crippen LogP contribution in [-0.2, 0) is 25.5 Å². The number of hydrogen-bond acceptors (Lipinski definition) is 5. The first-order valence-corrected chi connectivity index (χ1v) is 7.86. The fourth-order valence-electron chi connectivity index (χ4n) is 2.11. The molecule has 0 aliphatic rings. The lowest BCUT2D eigenvalue weighted by atomic mass is 10.1. The molecule has 0 spiro atoms. The minimum atomic E-state index is -0.812. The summed E-state index contributed by atoms with van der Waals surface area (Å²) in [4.78, 5) is 35.4. The number of amides is 1. The van der Waals surface area contributed by atoms with Crippen molar-refractivity contribution in [3.8, 4) is 0 Å². The molecule has 8 heteroatoms. The van der Waals surface area contributed by atoms with Crippen LogP contribution in [0.15, 0.2) is 42.5 Å². The third-order valence-electron chi connectivity index (χ3n) is 3.35. The first kappa shape index (κ1) is 19.4. The van der Waals surface area contributed by atoms with E-state index in [4.69, 9.17) is 16.3 Å². The molecule has 2 aromatic rings. The quantitative estimate of drug-likeness (QED) is 0.780. The van der Waals surface area contributed by atoms with Crippen molar-refractivity contribution in [3.63, 3.8) is 0 Å². The Morgan fingerprint density at radius 2 is 1.85 bits per heavy atom. The predicted octanol–water partition coefficient (Wildman–Crippen LogP) is 2.99. The molecule has 0 aliphatic heterocycles. The number of esters is 2. The summed E-state index contributed by atoms with van der Waals surface area (Å²) >= 11 is 5.83. The van der Waals surface area contributed by atoms with Gasteiger partial charge in [-0.1, -0.05) is 29.8 Å². The van der Waals surface area contributed by atoms with Crippen molar-refractivity contribution in [2.75, 3.05) is 19.0 Å². The molecule has 0 fully saturated rings.